The van der Waals surface area contributed by atoms with Crippen molar-refractivity contribution < 1.29 is 4.21 Å². The molecule has 0 bridgehead atoms. The molecule has 1 nitrogen and oxygen atoms in total. The van der Waals surface area contributed by atoms with Crippen molar-refractivity contribution in [2.24, 2.45) is 5.92 Å². The van der Waals surface area contributed by atoms with Crippen LogP contribution in [-0.2, 0) is 10.8 Å². The molecule has 0 unspecified atom stereocenters. The largest absolute Gasteiger partial charge is 0.260 e. The molecule has 0 saturated carbocycles. The van der Waals surface area contributed by atoms with E-state index >= 15 is 0 Å². The molecule has 1 heterocycles. The van der Waals surface area contributed by atoms with Crippen molar-refractivity contribution in [3.05, 3.63) is 0 Å². The fourth-order valence-corrected chi connectivity index (χ4v) is 2.34. The number of hydrogen-bond donors (Lipinski definition) is 0. The Kier molecular flexibility index (Phi) is 2.06. The number of rotatable bonds is 2. The Bertz CT molecular complexity index is 92.7. The maximum atomic E-state index is 10.5. The normalized spacial score (nSPS) is 36.6. The first-order chi connectivity index (χ1) is 3.83. The van der Waals surface area contributed by atoms with Gasteiger partial charge in [0.1, 0.15) is 0 Å². The minimum absolute atomic E-state index is 0.424. The molecule has 1 aliphatic rings. The maximum Gasteiger partial charge on any atom is 0.0272 e. The summed E-state index contributed by atoms with van der Waals surface area (Å²) < 4.78 is 10.5. The van der Waals surface area contributed by atoms with Gasteiger partial charge in [0.25, 0.3) is 0 Å². The molecule has 8 heavy (non-hydrogen) atoms. The molecule has 1 rings (SSSR count). The lowest BCUT2D eigenvalue weighted by Gasteiger charge is -2.23. The van der Waals surface area contributed by atoms with Crippen molar-refractivity contribution in [2.45, 2.75) is 19.8 Å². The highest BCUT2D eigenvalue weighted by Crippen LogP contribution is 2.18. The smallest absolute Gasteiger partial charge is 0.0272 e. The minimum atomic E-state index is -0.424. The van der Waals surface area contributed by atoms with Crippen LogP contribution in [0.1, 0.15) is 19.8 Å². The first-order valence-electron chi connectivity index (χ1n) is 3.18. The molecule has 0 aromatic carbocycles. The van der Waals surface area contributed by atoms with Crippen LogP contribution in [0.25, 0.3) is 0 Å². The van der Waals surface area contributed by atoms with Gasteiger partial charge in [-0.1, -0.05) is 13.3 Å². The predicted molar refractivity (Wildman–Crippen MR) is 36.3 cm³/mol. The van der Waals surface area contributed by atoms with Gasteiger partial charge in [0.2, 0.25) is 0 Å². The first-order valence-corrected chi connectivity index (χ1v) is 4.66. The second-order valence-corrected chi connectivity index (χ2v) is 3.97. The second-order valence-electron chi connectivity index (χ2n) is 2.43. The highest BCUT2D eigenvalue weighted by atomic mass is 32.2. The number of hydrogen-bond acceptors (Lipinski definition) is 1. The molecule has 0 aromatic heterocycles. The topological polar surface area (TPSA) is 17.1 Å². The molecule has 1 saturated heterocycles. The lowest BCUT2D eigenvalue weighted by atomic mass is 10.1. The zero-order valence-electron chi connectivity index (χ0n) is 5.22. The summed E-state index contributed by atoms with van der Waals surface area (Å²) >= 11 is 0. The lowest BCUT2D eigenvalue weighted by molar-refractivity contribution is 0.538. The molecule has 1 aliphatic heterocycles. The Morgan fingerprint density at radius 3 is 2.62 bits per heavy atom. The van der Waals surface area contributed by atoms with Gasteiger partial charge in [-0.25, -0.2) is 0 Å². The summed E-state index contributed by atoms with van der Waals surface area (Å²) in [5, 5.41) is 0. The quantitative estimate of drug-likeness (QED) is 0.551. The van der Waals surface area contributed by atoms with Gasteiger partial charge in [-0.05, 0) is 12.3 Å². The highest BCUT2D eigenvalue weighted by Gasteiger charge is 2.23. The maximum absolute atomic E-state index is 10.5. The van der Waals surface area contributed by atoms with Crippen LogP contribution in [0, 0.1) is 5.92 Å². The van der Waals surface area contributed by atoms with Gasteiger partial charge in [-0.15, -0.1) is 0 Å². The molecule has 0 atom stereocenters. The van der Waals surface area contributed by atoms with Gasteiger partial charge < -0.3 is 0 Å². The summed E-state index contributed by atoms with van der Waals surface area (Å²) in [6.45, 7) is 2.18. The van der Waals surface area contributed by atoms with Gasteiger partial charge in [-0.2, -0.15) is 0 Å². The first kappa shape index (κ1) is 6.27. The highest BCUT2D eigenvalue weighted by molar-refractivity contribution is 7.86. The van der Waals surface area contributed by atoms with E-state index in [-0.39, 0.29) is 0 Å². The molecular weight excluding hydrogens is 120 g/mol. The van der Waals surface area contributed by atoms with Crippen molar-refractivity contribution in [1.29, 1.82) is 0 Å². The van der Waals surface area contributed by atoms with E-state index in [1.165, 1.54) is 12.8 Å². The van der Waals surface area contributed by atoms with Crippen LogP contribution in [-0.4, -0.2) is 15.7 Å². The molecule has 0 aromatic rings. The molecule has 0 amide bonds. The van der Waals surface area contributed by atoms with Gasteiger partial charge in [0, 0.05) is 22.3 Å². The van der Waals surface area contributed by atoms with Crippen LogP contribution < -0.4 is 0 Å². The monoisotopic (exact) mass is 132 g/mol. The van der Waals surface area contributed by atoms with Crippen LogP contribution in [0.15, 0.2) is 0 Å². The van der Waals surface area contributed by atoms with E-state index in [2.05, 4.69) is 6.92 Å². The second kappa shape index (κ2) is 2.62. The van der Waals surface area contributed by atoms with E-state index in [1.54, 1.807) is 0 Å². The van der Waals surface area contributed by atoms with E-state index < -0.39 is 10.8 Å². The molecule has 0 N–H and O–H groups in total. The summed E-state index contributed by atoms with van der Waals surface area (Å²) in [4.78, 5) is 0. The average Bonchev–Trinajstić information content (AvgIpc) is 1.64. The van der Waals surface area contributed by atoms with Gasteiger partial charge in [-0.3, -0.25) is 4.21 Å². The summed E-state index contributed by atoms with van der Waals surface area (Å²) in [5.74, 6) is 2.77. The van der Waals surface area contributed by atoms with E-state index in [0.717, 1.165) is 17.4 Å². The summed E-state index contributed by atoms with van der Waals surface area (Å²) in [5.41, 5.74) is 0. The predicted octanol–water partition coefficient (Wildman–Crippen LogP) is 1.17. The zero-order valence-corrected chi connectivity index (χ0v) is 6.04. The van der Waals surface area contributed by atoms with Crippen LogP contribution in [0.5, 0.6) is 0 Å². The fourth-order valence-electron chi connectivity index (χ4n) is 1.05. The summed E-state index contributed by atoms with van der Waals surface area (Å²) in [7, 11) is -0.424. The molecule has 1 fully saturated rings. The molecule has 2 heteroatoms. The van der Waals surface area contributed by atoms with Crippen molar-refractivity contribution in [3.8, 4) is 0 Å². The van der Waals surface area contributed by atoms with E-state index in [0.29, 0.717) is 0 Å². The SMILES string of the molecule is CCCC1CS(=O)C1. The average molecular weight is 132 g/mol. The Labute approximate surface area is 52.9 Å². The van der Waals surface area contributed by atoms with E-state index in [4.69, 9.17) is 0 Å². The Hall–Kier alpha value is 0.150. The molecule has 0 aliphatic carbocycles. The van der Waals surface area contributed by atoms with E-state index in [1.807, 2.05) is 0 Å². The zero-order chi connectivity index (χ0) is 5.98. The molecular formula is C6H12OS. The third kappa shape index (κ3) is 1.31. The third-order valence-electron chi connectivity index (χ3n) is 1.54. The van der Waals surface area contributed by atoms with E-state index in [9.17, 15) is 4.21 Å². The van der Waals surface area contributed by atoms with Crippen LogP contribution in [0.4, 0.5) is 0 Å². The van der Waals surface area contributed by atoms with Crippen LogP contribution in [0.3, 0.4) is 0 Å². The Morgan fingerprint density at radius 1 is 1.62 bits per heavy atom. The molecule has 48 valence electrons. The summed E-state index contributed by atoms with van der Waals surface area (Å²) in [6, 6.07) is 0. The third-order valence-corrected chi connectivity index (χ3v) is 3.23. The van der Waals surface area contributed by atoms with Crippen molar-refractivity contribution >= 4 is 10.8 Å². The van der Waals surface area contributed by atoms with Crippen molar-refractivity contribution in [3.63, 3.8) is 0 Å². The molecule has 0 spiro atoms. The standard InChI is InChI=1S/C6H12OS/c1-2-3-6-4-8(7)5-6/h6H,2-5H2,1H3. The van der Waals surface area contributed by atoms with Crippen LogP contribution in [0.2, 0.25) is 0 Å². The Morgan fingerprint density at radius 2 is 2.25 bits per heavy atom. The van der Waals surface area contributed by atoms with Gasteiger partial charge in [0.15, 0.2) is 0 Å². The summed E-state index contributed by atoms with van der Waals surface area (Å²) in [6.07, 6.45) is 2.54. The van der Waals surface area contributed by atoms with Crippen LogP contribution >= 0.6 is 0 Å². The fraction of sp³-hybridized carbons (Fsp3) is 1.00. The van der Waals surface area contributed by atoms with Gasteiger partial charge >= 0.3 is 0 Å². The van der Waals surface area contributed by atoms with Crippen molar-refractivity contribution in [1.82, 2.24) is 0 Å². The van der Waals surface area contributed by atoms with Crippen molar-refractivity contribution in [2.75, 3.05) is 11.5 Å². The lowest BCUT2D eigenvalue weighted by Crippen LogP contribution is -2.30. The van der Waals surface area contributed by atoms with Gasteiger partial charge in [0.05, 0.1) is 0 Å². The Balaban J connectivity index is 2.06. The minimum Gasteiger partial charge on any atom is -0.260 e. The molecule has 0 radical (unpaired) electrons.